The van der Waals surface area contributed by atoms with Crippen LogP contribution in [0.15, 0.2) is 78.9 Å². The van der Waals surface area contributed by atoms with Gasteiger partial charge in [0.2, 0.25) is 0 Å². The maximum atomic E-state index is 14.0. The topological polar surface area (TPSA) is 99.2 Å². The van der Waals surface area contributed by atoms with Gasteiger partial charge < -0.3 is 20.1 Å². The van der Waals surface area contributed by atoms with Crippen molar-refractivity contribution in [2.45, 2.75) is 43.3 Å². The van der Waals surface area contributed by atoms with Gasteiger partial charge in [-0.3, -0.25) is 14.5 Å². The van der Waals surface area contributed by atoms with Gasteiger partial charge in [-0.25, -0.2) is 4.79 Å². The summed E-state index contributed by atoms with van der Waals surface area (Å²) in [5.41, 5.74) is 4.35. The van der Waals surface area contributed by atoms with E-state index in [9.17, 15) is 19.5 Å². The summed E-state index contributed by atoms with van der Waals surface area (Å²) in [4.78, 5) is 42.5. The average Bonchev–Trinajstić information content (AvgIpc) is 3.65. The van der Waals surface area contributed by atoms with E-state index >= 15 is 0 Å². The third-order valence-electron chi connectivity index (χ3n) is 8.25. The van der Waals surface area contributed by atoms with E-state index < -0.39 is 17.6 Å². The maximum absolute atomic E-state index is 14.0. The van der Waals surface area contributed by atoms with Crippen LogP contribution in [0.5, 0.6) is 0 Å². The Kier molecular flexibility index (Phi) is 7.02. The van der Waals surface area contributed by atoms with Crippen molar-refractivity contribution in [3.8, 4) is 11.1 Å². The van der Waals surface area contributed by atoms with Gasteiger partial charge in [-0.05, 0) is 47.1 Å². The summed E-state index contributed by atoms with van der Waals surface area (Å²) in [6.07, 6.45) is 1.26. The molecular formula is C32H33N3O5. The van der Waals surface area contributed by atoms with Crippen LogP contribution in [0.25, 0.3) is 11.1 Å². The number of likely N-dealkylation sites (tertiary alicyclic amines) is 1. The van der Waals surface area contributed by atoms with Gasteiger partial charge in [0.05, 0.1) is 0 Å². The number of ether oxygens (including phenoxy) is 1. The fourth-order valence-electron chi connectivity index (χ4n) is 6.20. The normalized spacial score (nSPS) is 20.0. The molecule has 2 N–H and O–H groups in total. The van der Waals surface area contributed by atoms with E-state index in [4.69, 9.17) is 4.74 Å². The first-order chi connectivity index (χ1) is 19.4. The largest absolute Gasteiger partial charge is 0.480 e. The molecule has 8 heteroatoms. The van der Waals surface area contributed by atoms with Gasteiger partial charge in [0, 0.05) is 31.6 Å². The minimum absolute atomic E-state index is 0.0991. The predicted octanol–water partition coefficient (Wildman–Crippen LogP) is 4.25. The van der Waals surface area contributed by atoms with Crippen LogP contribution in [0.4, 0.5) is 4.79 Å². The number of aliphatic carboxylic acids is 1. The Labute approximate surface area is 233 Å². The number of carboxylic acids is 1. The number of nitrogens with zero attached hydrogens (tertiary/aromatic N) is 2. The Morgan fingerprint density at radius 2 is 1.55 bits per heavy atom. The van der Waals surface area contributed by atoms with Crippen molar-refractivity contribution in [2.24, 2.45) is 0 Å². The summed E-state index contributed by atoms with van der Waals surface area (Å²) in [5.74, 6) is -1.50. The van der Waals surface area contributed by atoms with E-state index in [-0.39, 0.29) is 37.6 Å². The number of carboxylic acid groups (broad SMARTS) is 1. The molecule has 3 aromatic carbocycles. The van der Waals surface area contributed by atoms with E-state index in [1.54, 1.807) is 0 Å². The first-order valence-electron chi connectivity index (χ1n) is 13.9. The molecule has 0 aromatic heterocycles. The molecule has 1 saturated carbocycles. The average molecular weight is 540 g/mol. The van der Waals surface area contributed by atoms with E-state index in [0.717, 1.165) is 40.7 Å². The van der Waals surface area contributed by atoms with Crippen LogP contribution < -0.4 is 5.32 Å². The lowest BCUT2D eigenvalue weighted by molar-refractivity contribution is -0.148. The Bertz CT molecular complexity index is 1380. The number of alkyl carbamates (subject to hydrolysis) is 1. The molecule has 1 atom stereocenters. The number of rotatable bonds is 9. The third kappa shape index (κ3) is 5.19. The Balaban J connectivity index is 1.20. The first kappa shape index (κ1) is 26.1. The lowest BCUT2D eigenvalue weighted by Gasteiger charge is -2.34. The molecule has 0 bridgehead atoms. The lowest BCUT2D eigenvalue weighted by Crippen LogP contribution is -2.62. The van der Waals surface area contributed by atoms with Gasteiger partial charge in [-0.1, -0.05) is 78.9 Å². The lowest BCUT2D eigenvalue weighted by atomic mass is 9.96. The second-order valence-corrected chi connectivity index (χ2v) is 11.0. The highest BCUT2D eigenvalue weighted by Gasteiger charge is 2.51. The summed E-state index contributed by atoms with van der Waals surface area (Å²) in [6.45, 7) is 1.27. The highest BCUT2D eigenvalue weighted by molar-refractivity contribution is 5.93. The number of hydrogen-bond acceptors (Lipinski definition) is 5. The highest BCUT2D eigenvalue weighted by Crippen LogP contribution is 2.44. The predicted molar refractivity (Wildman–Crippen MR) is 150 cm³/mol. The number of carbonyl (C=O) groups is 3. The van der Waals surface area contributed by atoms with Crippen LogP contribution in [0, 0.1) is 0 Å². The molecular weight excluding hydrogens is 506 g/mol. The fourth-order valence-corrected chi connectivity index (χ4v) is 6.20. The Morgan fingerprint density at radius 3 is 2.17 bits per heavy atom. The molecule has 2 amide bonds. The molecule has 2 aliphatic carbocycles. The molecule has 206 valence electrons. The monoisotopic (exact) mass is 539 g/mol. The second kappa shape index (κ2) is 10.8. The highest BCUT2D eigenvalue weighted by atomic mass is 16.5. The quantitative estimate of drug-likeness (QED) is 0.422. The van der Waals surface area contributed by atoms with Gasteiger partial charge in [0.15, 0.2) is 0 Å². The van der Waals surface area contributed by atoms with Crippen molar-refractivity contribution in [1.29, 1.82) is 0 Å². The molecule has 0 spiro atoms. The van der Waals surface area contributed by atoms with Gasteiger partial charge in [0.25, 0.3) is 5.91 Å². The number of fused-ring (bicyclic) bond motifs is 3. The van der Waals surface area contributed by atoms with Crippen molar-refractivity contribution < 1.29 is 24.2 Å². The van der Waals surface area contributed by atoms with Crippen LogP contribution in [0.1, 0.15) is 41.9 Å². The molecule has 3 aliphatic rings. The molecule has 0 radical (unpaired) electrons. The Hall–Kier alpha value is -4.17. The van der Waals surface area contributed by atoms with Crippen LogP contribution in [-0.2, 0) is 20.9 Å². The third-order valence-corrected chi connectivity index (χ3v) is 8.25. The van der Waals surface area contributed by atoms with Crippen LogP contribution in [0.2, 0.25) is 0 Å². The number of carbonyl (C=O) groups excluding carboxylic acids is 2. The summed E-state index contributed by atoms with van der Waals surface area (Å²) >= 11 is 0. The minimum atomic E-state index is -1.25. The molecule has 1 heterocycles. The van der Waals surface area contributed by atoms with Crippen molar-refractivity contribution in [3.05, 3.63) is 95.6 Å². The first-order valence-corrected chi connectivity index (χ1v) is 13.9. The van der Waals surface area contributed by atoms with Crippen LogP contribution in [-0.4, -0.2) is 70.7 Å². The van der Waals surface area contributed by atoms with E-state index in [2.05, 4.69) is 34.5 Å². The van der Waals surface area contributed by atoms with Gasteiger partial charge >= 0.3 is 12.1 Å². The molecule has 1 unspecified atom stereocenters. The van der Waals surface area contributed by atoms with Gasteiger partial charge in [0.1, 0.15) is 18.7 Å². The zero-order chi connectivity index (χ0) is 27.7. The molecule has 1 aliphatic heterocycles. The summed E-state index contributed by atoms with van der Waals surface area (Å²) < 4.78 is 5.81. The van der Waals surface area contributed by atoms with Crippen molar-refractivity contribution in [3.63, 3.8) is 0 Å². The second-order valence-electron chi connectivity index (χ2n) is 11.0. The van der Waals surface area contributed by atoms with E-state index in [0.29, 0.717) is 19.5 Å². The van der Waals surface area contributed by atoms with E-state index in [1.165, 1.54) is 4.90 Å². The van der Waals surface area contributed by atoms with Crippen LogP contribution in [0.3, 0.4) is 0 Å². The molecule has 40 heavy (non-hydrogen) atoms. The zero-order valence-electron chi connectivity index (χ0n) is 22.3. The number of hydrogen-bond donors (Lipinski definition) is 2. The molecule has 8 nitrogen and oxygen atoms in total. The number of amides is 2. The standard InChI is InChI=1S/C32H33N3O5/c36-29(37)19-35(23-14-15-23)30(38)32(16-17-34(21-32)18-22-8-2-1-3-9-22)33-31(39)40-20-28-26-12-6-4-10-24(26)25-11-5-7-13-27(25)28/h1-13,23,28H,14-21H2,(H,33,39)(H,36,37). The fraction of sp³-hybridized carbons (Fsp3) is 0.344. The molecule has 1 saturated heterocycles. The number of benzene rings is 3. The SMILES string of the molecule is O=C(O)CN(C(=O)C1(NC(=O)OCC2c3ccccc3-c3ccccc32)CCN(Cc2ccccc2)C1)C1CC1. The molecule has 3 aromatic rings. The Morgan fingerprint density at radius 1 is 0.925 bits per heavy atom. The van der Waals surface area contributed by atoms with Gasteiger partial charge in [-0.15, -0.1) is 0 Å². The summed E-state index contributed by atoms with van der Waals surface area (Å²) in [6, 6.07) is 26.1. The van der Waals surface area contributed by atoms with Gasteiger partial charge in [-0.2, -0.15) is 0 Å². The van der Waals surface area contributed by atoms with Crippen molar-refractivity contribution >= 4 is 18.0 Å². The molecule has 6 rings (SSSR count). The number of nitrogens with one attached hydrogen (secondary N) is 1. The zero-order valence-corrected chi connectivity index (χ0v) is 22.3. The van der Waals surface area contributed by atoms with Crippen molar-refractivity contribution in [2.75, 3.05) is 26.2 Å². The summed E-state index contributed by atoms with van der Waals surface area (Å²) in [5, 5.41) is 12.4. The molecule has 2 fully saturated rings. The smallest absolute Gasteiger partial charge is 0.408 e. The van der Waals surface area contributed by atoms with Crippen LogP contribution >= 0.6 is 0 Å². The summed E-state index contributed by atoms with van der Waals surface area (Å²) in [7, 11) is 0. The van der Waals surface area contributed by atoms with Crippen molar-refractivity contribution in [1.82, 2.24) is 15.1 Å². The van der Waals surface area contributed by atoms with E-state index in [1.807, 2.05) is 54.6 Å². The maximum Gasteiger partial charge on any atom is 0.408 e. The minimum Gasteiger partial charge on any atom is -0.480 e.